The van der Waals surface area contributed by atoms with Crippen LogP contribution in [0, 0.1) is 5.41 Å². The molecular formula is C23H23NO. The molecule has 2 nitrogen and oxygen atoms in total. The van der Waals surface area contributed by atoms with Crippen molar-refractivity contribution in [2.75, 3.05) is 0 Å². The van der Waals surface area contributed by atoms with E-state index in [0.717, 1.165) is 28.8 Å². The van der Waals surface area contributed by atoms with Gasteiger partial charge in [-0.1, -0.05) is 74.5 Å². The maximum atomic E-state index is 12.9. The quantitative estimate of drug-likeness (QED) is 0.834. The first kappa shape index (κ1) is 15.9. The van der Waals surface area contributed by atoms with E-state index < -0.39 is 0 Å². The van der Waals surface area contributed by atoms with Crippen LogP contribution in [-0.2, 0) is 4.79 Å². The van der Waals surface area contributed by atoms with Crippen molar-refractivity contribution < 1.29 is 4.79 Å². The van der Waals surface area contributed by atoms with E-state index in [2.05, 4.69) is 61.6 Å². The van der Waals surface area contributed by atoms with Gasteiger partial charge in [-0.05, 0) is 34.6 Å². The van der Waals surface area contributed by atoms with E-state index in [1.807, 2.05) is 24.3 Å². The Balaban J connectivity index is 1.85. The Morgan fingerprint density at radius 3 is 2.24 bits per heavy atom. The first-order valence-electron chi connectivity index (χ1n) is 8.89. The van der Waals surface area contributed by atoms with Crippen LogP contribution in [0.2, 0.25) is 0 Å². The van der Waals surface area contributed by atoms with Crippen molar-refractivity contribution in [2.24, 2.45) is 5.41 Å². The van der Waals surface area contributed by atoms with E-state index in [1.165, 1.54) is 5.56 Å². The number of ketones is 1. The molecule has 1 aliphatic carbocycles. The Morgan fingerprint density at radius 1 is 0.920 bits per heavy atom. The molecular weight excluding hydrogens is 306 g/mol. The van der Waals surface area contributed by atoms with Gasteiger partial charge in [-0.2, -0.15) is 0 Å². The first-order valence-corrected chi connectivity index (χ1v) is 8.89. The Labute approximate surface area is 149 Å². The van der Waals surface area contributed by atoms with Crippen LogP contribution in [0.3, 0.4) is 0 Å². The van der Waals surface area contributed by atoms with Crippen LogP contribution in [0.5, 0.6) is 0 Å². The van der Waals surface area contributed by atoms with Crippen LogP contribution < -0.4 is 5.32 Å². The average molecular weight is 329 g/mol. The molecule has 0 saturated heterocycles. The molecule has 1 aliphatic heterocycles. The summed E-state index contributed by atoms with van der Waals surface area (Å²) in [5.74, 6) is 0.250. The summed E-state index contributed by atoms with van der Waals surface area (Å²) in [4.78, 5) is 12.9. The molecule has 2 aliphatic rings. The lowest BCUT2D eigenvalue weighted by Crippen LogP contribution is -2.35. The number of benzene rings is 2. The lowest BCUT2D eigenvalue weighted by molar-refractivity contribution is -0.117. The van der Waals surface area contributed by atoms with Gasteiger partial charge in [-0.15, -0.1) is 0 Å². The molecule has 0 fully saturated rings. The zero-order valence-corrected chi connectivity index (χ0v) is 14.8. The van der Waals surface area contributed by atoms with Gasteiger partial charge in [0.25, 0.3) is 0 Å². The summed E-state index contributed by atoms with van der Waals surface area (Å²) in [5, 5.41) is 3.64. The van der Waals surface area contributed by atoms with E-state index in [0.29, 0.717) is 6.42 Å². The Hall–Kier alpha value is -2.61. The monoisotopic (exact) mass is 329 g/mol. The minimum Gasteiger partial charge on any atom is -0.377 e. The molecule has 0 amide bonds. The van der Waals surface area contributed by atoms with Crippen LogP contribution in [0.4, 0.5) is 0 Å². The van der Waals surface area contributed by atoms with Crippen LogP contribution in [0.15, 0.2) is 78.0 Å². The van der Waals surface area contributed by atoms with E-state index in [1.54, 1.807) is 0 Å². The Kier molecular flexibility index (Phi) is 3.84. The van der Waals surface area contributed by atoms with Gasteiger partial charge in [0, 0.05) is 17.7 Å². The minimum atomic E-state index is 0.00327. The molecule has 2 heteroatoms. The third-order valence-electron chi connectivity index (χ3n) is 5.05. The molecule has 0 saturated carbocycles. The number of rotatable bonds is 2. The van der Waals surface area contributed by atoms with Gasteiger partial charge in [0.05, 0.1) is 6.04 Å². The van der Waals surface area contributed by atoms with Crippen LogP contribution in [0.1, 0.15) is 43.9 Å². The van der Waals surface area contributed by atoms with Gasteiger partial charge in [0.2, 0.25) is 0 Å². The maximum absolute atomic E-state index is 12.9. The molecule has 0 unspecified atom stereocenters. The predicted octanol–water partition coefficient (Wildman–Crippen LogP) is 5.06. The smallest absolute Gasteiger partial charge is 0.165 e. The molecule has 25 heavy (non-hydrogen) atoms. The molecule has 0 aromatic heterocycles. The summed E-state index contributed by atoms with van der Waals surface area (Å²) >= 11 is 0. The van der Waals surface area contributed by atoms with Crippen LogP contribution in [-0.4, -0.2) is 5.78 Å². The van der Waals surface area contributed by atoms with Crippen LogP contribution in [0.25, 0.3) is 5.57 Å². The topological polar surface area (TPSA) is 29.1 Å². The lowest BCUT2D eigenvalue weighted by Gasteiger charge is -2.38. The largest absolute Gasteiger partial charge is 0.377 e. The Morgan fingerprint density at radius 2 is 1.56 bits per heavy atom. The highest BCUT2D eigenvalue weighted by Crippen LogP contribution is 2.44. The van der Waals surface area contributed by atoms with Gasteiger partial charge in [-0.3, -0.25) is 4.79 Å². The zero-order chi connectivity index (χ0) is 17.4. The average Bonchev–Trinajstić information content (AvgIpc) is 2.61. The number of carbonyl (C=O) groups excluding carboxylic acids is 1. The number of nitrogens with one attached hydrogen (secondary N) is 1. The van der Waals surface area contributed by atoms with Crippen molar-refractivity contribution in [3.63, 3.8) is 0 Å². The van der Waals surface area contributed by atoms with E-state index in [4.69, 9.17) is 0 Å². The summed E-state index contributed by atoms with van der Waals surface area (Å²) in [7, 11) is 0. The number of hydrogen-bond acceptors (Lipinski definition) is 2. The molecule has 0 spiro atoms. The first-order chi connectivity index (χ1) is 12.0. The standard InChI is InChI=1S/C23H23NO/c1-23(2)14-20-22(21(25)15-23)18(16-9-5-3-6-10-16)13-19(24-20)17-11-7-4-8-12-17/h3-13,19,24H,14-15H2,1-2H3/t19-/m1/s1. The lowest BCUT2D eigenvalue weighted by atomic mass is 9.72. The molecule has 1 atom stereocenters. The summed E-state index contributed by atoms with van der Waals surface area (Å²) < 4.78 is 0. The van der Waals surface area contributed by atoms with Crippen molar-refractivity contribution >= 4 is 11.4 Å². The van der Waals surface area contributed by atoms with Gasteiger partial charge in [-0.25, -0.2) is 0 Å². The van der Waals surface area contributed by atoms with Crippen molar-refractivity contribution in [1.29, 1.82) is 0 Å². The number of Topliss-reactive ketones (excluding diaryl/α,β-unsaturated/α-hetero) is 1. The predicted molar refractivity (Wildman–Crippen MR) is 102 cm³/mol. The third-order valence-corrected chi connectivity index (χ3v) is 5.05. The molecule has 0 bridgehead atoms. The van der Waals surface area contributed by atoms with E-state index in [9.17, 15) is 4.79 Å². The zero-order valence-electron chi connectivity index (χ0n) is 14.8. The third kappa shape index (κ3) is 3.05. The fourth-order valence-corrected chi connectivity index (χ4v) is 3.93. The number of dihydropyridines is 1. The van der Waals surface area contributed by atoms with Crippen molar-refractivity contribution in [1.82, 2.24) is 5.32 Å². The maximum Gasteiger partial charge on any atom is 0.165 e. The highest BCUT2D eigenvalue weighted by molar-refractivity contribution is 6.12. The number of hydrogen-bond donors (Lipinski definition) is 1. The van der Waals surface area contributed by atoms with Gasteiger partial charge in [0.1, 0.15) is 0 Å². The molecule has 2 aromatic rings. The summed E-state index contributed by atoms with van der Waals surface area (Å²) in [6.45, 7) is 4.35. The number of allylic oxidation sites excluding steroid dienone is 3. The second-order valence-electron chi connectivity index (χ2n) is 7.77. The van der Waals surface area contributed by atoms with Crippen molar-refractivity contribution in [3.05, 3.63) is 89.1 Å². The van der Waals surface area contributed by atoms with Gasteiger partial charge in [0.15, 0.2) is 5.78 Å². The normalized spacial score (nSPS) is 22.1. The number of carbonyl (C=O) groups is 1. The van der Waals surface area contributed by atoms with Crippen molar-refractivity contribution in [3.8, 4) is 0 Å². The molecule has 2 aromatic carbocycles. The second-order valence-corrected chi connectivity index (χ2v) is 7.77. The summed E-state index contributed by atoms with van der Waals surface area (Å²) in [6.07, 6.45) is 3.72. The highest BCUT2D eigenvalue weighted by atomic mass is 16.1. The fraction of sp³-hybridized carbons (Fsp3) is 0.261. The molecule has 4 rings (SSSR count). The van der Waals surface area contributed by atoms with Gasteiger partial charge >= 0.3 is 0 Å². The summed E-state index contributed by atoms with van der Waals surface area (Å²) in [5.41, 5.74) is 5.39. The van der Waals surface area contributed by atoms with Crippen molar-refractivity contribution in [2.45, 2.75) is 32.7 Å². The summed E-state index contributed by atoms with van der Waals surface area (Å²) in [6, 6.07) is 20.8. The fourth-order valence-electron chi connectivity index (χ4n) is 3.93. The molecule has 1 N–H and O–H groups in total. The van der Waals surface area contributed by atoms with E-state index in [-0.39, 0.29) is 17.2 Å². The second kappa shape index (κ2) is 6.03. The van der Waals surface area contributed by atoms with Gasteiger partial charge < -0.3 is 5.32 Å². The van der Waals surface area contributed by atoms with E-state index >= 15 is 0 Å². The SMILES string of the molecule is CC1(C)CC(=O)C2=C(C1)N[C@@H](c1ccccc1)C=C2c1ccccc1. The Bertz CT molecular complexity index is 859. The van der Waals surface area contributed by atoms with Crippen LogP contribution >= 0.6 is 0 Å². The molecule has 0 radical (unpaired) electrons. The molecule has 1 heterocycles. The highest BCUT2D eigenvalue weighted by Gasteiger charge is 2.37. The molecule has 126 valence electrons. The minimum absolute atomic E-state index is 0.00327.